The van der Waals surface area contributed by atoms with Gasteiger partial charge in [0.25, 0.3) is 0 Å². The second-order valence-corrected chi connectivity index (χ2v) is 4.98. The van der Waals surface area contributed by atoms with Crippen molar-refractivity contribution in [3.8, 4) is 11.6 Å². The van der Waals surface area contributed by atoms with Gasteiger partial charge in [0.05, 0.1) is 5.69 Å². The van der Waals surface area contributed by atoms with Crippen molar-refractivity contribution < 1.29 is 4.74 Å². The van der Waals surface area contributed by atoms with Crippen molar-refractivity contribution in [3.63, 3.8) is 0 Å². The quantitative estimate of drug-likeness (QED) is 0.910. The van der Waals surface area contributed by atoms with Crippen LogP contribution in [0.15, 0.2) is 12.1 Å². The van der Waals surface area contributed by atoms with Crippen LogP contribution in [0.1, 0.15) is 36.0 Å². The van der Waals surface area contributed by atoms with E-state index in [4.69, 9.17) is 10.5 Å². The van der Waals surface area contributed by atoms with Crippen molar-refractivity contribution in [1.82, 2.24) is 14.8 Å². The third kappa shape index (κ3) is 2.99. The highest BCUT2D eigenvalue weighted by Crippen LogP contribution is 2.27. The number of hydrogen-bond donors (Lipinski definition) is 1. The van der Waals surface area contributed by atoms with E-state index in [1.165, 1.54) is 0 Å². The Hall–Kier alpha value is -1.88. The molecule has 0 radical (unpaired) electrons. The molecule has 0 fully saturated rings. The van der Waals surface area contributed by atoms with Crippen LogP contribution < -0.4 is 10.5 Å². The van der Waals surface area contributed by atoms with Gasteiger partial charge in [-0.15, -0.1) is 0 Å². The number of nitrogens with two attached hydrogens (primary N) is 1. The number of rotatable bonds is 5. The molecule has 0 saturated heterocycles. The van der Waals surface area contributed by atoms with Gasteiger partial charge in [0, 0.05) is 25.4 Å². The van der Waals surface area contributed by atoms with E-state index in [-0.39, 0.29) is 0 Å². The largest absolute Gasteiger partial charge is 0.435 e. The van der Waals surface area contributed by atoms with Crippen LogP contribution >= 0.6 is 0 Å². The van der Waals surface area contributed by atoms with E-state index in [0.717, 1.165) is 41.2 Å². The van der Waals surface area contributed by atoms with Gasteiger partial charge in [-0.25, -0.2) is 4.98 Å². The minimum Gasteiger partial charge on any atom is -0.435 e. The molecule has 0 aromatic carbocycles. The van der Waals surface area contributed by atoms with Crippen LogP contribution in [0.4, 0.5) is 0 Å². The highest BCUT2D eigenvalue weighted by atomic mass is 16.5. The van der Waals surface area contributed by atoms with Gasteiger partial charge in [-0.3, -0.25) is 4.68 Å². The molecule has 0 aliphatic heterocycles. The van der Waals surface area contributed by atoms with Crippen LogP contribution in [0.3, 0.4) is 0 Å². The van der Waals surface area contributed by atoms with Crippen molar-refractivity contribution >= 4 is 0 Å². The average Bonchev–Trinajstić information content (AvgIpc) is 2.65. The molecule has 0 spiro atoms. The van der Waals surface area contributed by atoms with Gasteiger partial charge in [-0.2, -0.15) is 5.10 Å². The topological polar surface area (TPSA) is 66.0 Å². The number of hydrogen-bond acceptors (Lipinski definition) is 4. The highest BCUT2D eigenvalue weighted by Gasteiger charge is 2.13. The van der Waals surface area contributed by atoms with E-state index in [1.807, 2.05) is 37.7 Å². The van der Waals surface area contributed by atoms with E-state index >= 15 is 0 Å². The molecule has 0 amide bonds. The first kappa shape index (κ1) is 14.5. The van der Waals surface area contributed by atoms with Crippen LogP contribution in [0.25, 0.3) is 0 Å². The third-order valence-corrected chi connectivity index (χ3v) is 3.31. The summed E-state index contributed by atoms with van der Waals surface area (Å²) in [6.45, 7) is 6.53. The molecule has 2 heterocycles. The molecule has 20 heavy (non-hydrogen) atoms. The number of aromatic nitrogens is 3. The Bertz CT molecular complexity index is 604. The Morgan fingerprint density at radius 2 is 2.05 bits per heavy atom. The van der Waals surface area contributed by atoms with E-state index in [1.54, 1.807) is 0 Å². The van der Waals surface area contributed by atoms with Crippen LogP contribution in [0.5, 0.6) is 11.6 Å². The van der Waals surface area contributed by atoms with E-state index in [9.17, 15) is 0 Å². The number of aryl methyl sites for hydroxylation is 3. The second-order valence-electron chi connectivity index (χ2n) is 4.98. The summed E-state index contributed by atoms with van der Waals surface area (Å²) in [5.41, 5.74) is 9.65. The molecule has 2 N–H and O–H groups in total. The fraction of sp³-hybridized carbons (Fsp3) is 0.467. The Labute approximate surface area is 119 Å². The zero-order chi connectivity index (χ0) is 14.7. The second kappa shape index (κ2) is 6.05. The lowest BCUT2D eigenvalue weighted by atomic mass is 10.1. The first-order valence-electron chi connectivity index (χ1n) is 6.93. The predicted molar refractivity (Wildman–Crippen MR) is 78.9 cm³/mol. The molecule has 108 valence electrons. The normalized spacial score (nSPS) is 10.8. The molecular formula is C15H22N4O. The van der Waals surface area contributed by atoms with Crippen LogP contribution in [-0.4, -0.2) is 14.8 Å². The van der Waals surface area contributed by atoms with Crippen LogP contribution in [-0.2, 0) is 20.0 Å². The smallest absolute Gasteiger partial charge is 0.219 e. The predicted octanol–water partition coefficient (Wildman–Crippen LogP) is 2.64. The minimum atomic E-state index is 0.487. The van der Waals surface area contributed by atoms with Crippen molar-refractivity contribution in [3.05, 3.63) is 34.8 Å². The Balaban J connectivity index is 2.34. The molecule has 0 saturated carbocycles. The van der Waals surface area contributed by atoms with E-state index in [0.29, 0.717) is 12.4 Å². The summed E-state index contributed by atoms with van der Waals surface area (Å²) in [6.07, 6.45) is 1.97. The average molecular weight is 274 g/mol. The molecule has 0 bridgehead atoms. The fourth-order valence-electron chi connectivity index (χ4n) is 2.18. The molecule has 0 atom stereocenters. The Morgan fingerprint density at radius 1 is 1.30 bits per heavy atom. The minimum absolute atomic E-state index is 0.487. The monoisotopic (exact) mass is 274 g/mol. The molecule has 0 aliphatic carbocycles. The fourth-order valence-corrected chi connectivity index (χ4v) is 2.18. The van der Waals surface area contributed by atoms with Gasteiger partial charge in [-0.05, 0) is 31.9 Å². The van der Waals surface area contributed by atoms with E-state index in [2.05, 4.69) is 17.0 Å². The van der Waals surface area contributed by atoms with Crippen molar-refractivity contribution in [2.75, 3.05) is 0 Å². The summed E-state index contributed by atoms with van der Waals surface area (Å²) in [5.74, 6) is 1.37. The lowest BCUT2D eigenvalue weighted by Crippen LogP contribution is -2.02. The maximum Gasteiger partial charge on any atom is 0.219 e. The highest BCUT2D eigenvalue weighted by molar-refractivity contribution is 5.36. The molecule has 2 aromatic rings. The summed E-state index contributed by atoms with van der Waals surface area (Å²) in [4.78, 5) is 4.54. The molecule has 2 aromatic heterocycles. The summed E-state index contributed by atoms with van der Waals surface area (Å²) < 4.78 is 7.75. The summed E-state index contributed by atoms with van der Waals surface area (Å²) in [7, 11) is 1.90. The zero-order valence-corrected chi connectivity index (χ0v) is 12.6. The van der Waals surface area contributed by atoms with Gasteiger partial charge in [0.2, 0.25) is 5.88 Å². The number of nitrogens with zero attached hydrogens (tertiary/aromatic N) is 3. The lowest BCUT2D eigenvalue weighted by Gasteiger charge is -2.09. The standard InChI is InChI=1S/C15H22N4O/c1-5-6-13-7-12(9-16)8-14(17-13)20-15-10(2)18-19(4)11(15)3/h7-8H,5-6,9,16H2,1-4H3. The molecule has 5 heteroatoms. The van der Waals surface area contributed by atoms with E-state index < -0.39 is 0 Å². The van der Waals surface area contributed by atoms with Crippen molar-refractivity contribution in [2.24, 2.45) is 12.8 Å². The third-order valence-electron chi connectivity index (χ3n) is 3.31. The van der Waals surface area contributed by atoms with Gasteiger partial charge in [0.1, 0.15) is 5.69 Å². The van der Waals surface area contributed by atoms with Gasteiger partial charge < -0.3 is 10.5 Å². The molecule has 0 aliphatic rings. The maximum absolute atomic E-state index is 5.94. The molecule has 5 nitrogen and oxygen atoms in total. The molecule has 0 unspecified atom stereocenters. The maximum atomic E-state index is 5.94. The van der Waals surface area contributed by atoms with Gasteiger partial charge in [-0.1, -0.05) is 13.3 Å². The van der Waals surface area contributed by atoms with Crippen LogP contribution in [0, 0.1) is 13.8 Å². The first-order valence-corrected chi connectivity index (χ1v) is 6.93. The summed E-state index contributed by atoms with van der Waals surface area (Å²) in [6, 6.07) is 3.93. The Kier molecular flexibility index (Phi) is 4.39. The lowest BCUT2D eigenvalue weighted by molar-refractivity contribution is 0.452. The summed E-state index contributed by atoms with van der Waals surface area (Å²) >= 11 is 0. The van der Waals surface area contributed by atoms with Crippen molar-refractivity contribution in [2.45, 2.75) is 40.2 Å². The van der Waals surface area contributed by atoms with Gasteiger partial charge in [0.15, 0.2) is 5.75 Å². The molecular weight excluding hydrogens is 252 g/mol. The van der Waals surface area contributed by atoms with Crippen molar-refractivity contribution in [1.29, 1.82) is 0 Å². The number of ether oxygens (including phenoxy) is 1. The Morgan fingerprint density at radius 3 is 2.60 bits per heavy atom. The summed E-state index contributed by atoms with van der Waals surface area (Å²) in [5, 5.41) is 4.35. The SMILES string of the molecule is CCCc1cc(CN)cc(Oc2c(C)nn(C)c2C)n1. The zero-order valence-electron chi connectivity index (χ0n) is 12.6. The van der Waals surface area contributed by atoms with Crippen LogP contribution in [0.2, 0.25) is 0 Å². The number of pyridine rings is 1. The first-order chi connectivity index (χ1) is 9.55. The van der Waals surface area contributed by atoms with Gasteiger partial charge >= 0.3 is 0 Å². The molecule has 2 rings (SSSR count).